The summed E-state index contributed by atoms with van der Waals surface area (Å²) in [5.74, 6) is -1.85. The standard InChI is InChI=1S/C27H28ClF2NO3S/c1-27(2,32)25(19-12-22(29)14-23(30)13-19)20-15-31(16-20)26(17-4-8-21(28)9-5-17)18-6-10-24(11-7-18)35(3,33)34/h4-14,20,25-26,32H,15-16H2,1-3H3/t25-,26?/m1/s1. The molecule has 0 radical (unpaired) electrons. The third-order valence-corrected chi connectivity index (χ3v) is 7.97. The Kier molecular flexibility index (Phi) is 7.08. The molecule has 1 heterocycles. The molecule has 0 aliphatic carbocycles. The van der Waals surface area contributed by atoms with E-state index in [1.807, 2.05) is 12.1 Å². The quantitative estimate of drug-likeness (QED) is 0.441. The van der Waals surface area contributed by atoms with Crippen molar-refractivity contribution in [1.82, 2.24) is 4.90 Å². The fraction of sp³-hybridized carbons (Fsp3) is 0.333. The molecule has 8 heteroatoms. The van der Waals surface area contributed by atoms with Crippen molar-refractivity contribution < 1.29 is 22.3 Å². The molecule has 0 spiro atoms. The maximum Gasteiger partial charge on any atom is 0.175 e. The molecule has 0 bridgehead atoms. The van der Waals surface area contributed by atoms with Crippen molar-refractivity contribution in [2.24, 2.45) is 5.92 Å². The Morgan fingerprint density at radius 1 is 0.914 bits per heavy atom. The summed E-state index contributed by atoms with van der Waals surface area (Å²) in [7, 11) is -3.32. The van der Waals surface area contributed by atoms with Crippen LogP contribution in [-0.4, -0.2) is 43.4 Å². The number of benzene rings is 3. The Bertz CT molecular complexity index is 1280. The molecule has 3 aromatic carbocycles. The van der Waals surface area contributed by atoms with Gasteiger partial charge in [0, 0.05) is 36.4 Å². The molecule has 1 fully saturated rings. The predicted octanol–water partition coefficient (Wildman–Crippen LogP) is 5.60. The third-order valence-electron chi connectivity index (χ3n) is 6.59. The zero-order chi connectivity index (χ0) is 25.5. The van der Waals surface area contributed by atoms with Crippen molar-refractivity contribution in [2.75, 3.05) is 19.3 Å². The lowest BCUT2D eigenvalue weighted by atomic mass is 9.71. The van der Waals surface area contributed by atoms with Gasteiger partial charge in [0.1, 0.15) is 11.6 Å². The topological polar surface area (TPSA) is 57.6 Å². The number of hydrogen-bond donors (Lipinski definition) is 1. The second kappa shape index (κ2) is 9.62. The second-order valence-corrected chi connectivity index (χ2v) is 12.3. The van der Waals surface area contributed by atoms with Crippen LogP contribution in [0.15, 0.2) is 71.6 Å². The highest BCUT2D eigenvalue weighted by Gasteiger charge is 2.44. The van der Waals surface area contributed by atoms with E-state index >= 15 is 0 Å². The molecule has 2 atom stereocenters. The van der Waals surface area contributed by atoms with E-state index in [2.05, 4.69) is 4.90 Å². The SMILES string of the molecule is CC(C)(O)[C@H](c1cc(F)cc(F)c1)C1CN(C(c2ccc(Cl)cc2)c2ccc(S(C)(=O)=O)cc2)C1. The Morgan fingerprint density at radius 3 is 1.86 bits per heavy atom. The lowest BCUT2D eigenvalue weighted by molar-refractivity contribution is -0.0309. The maximum atomic E-state index is 14.0. The van der Waals surface area contributed by atoms with E-state index in [0.717, 1.165) is 17.2 Å². The molecular formula is C27H28ClF2NO3S. The molecule has 1 N–H and O–H groups in total. The highest BCUT2D eigenvalue weighted by Crippen LogP contribution is 2.44. The summed E-state index contributed by atoms with van der Waals surface area (Å²) < 4.78 is 51.8. The number of nitrogens with zero attached hydrogens (tertiary/aromatic N) is 1. The molecule has 35 heavy (non-hydrogen) atoms. The molecule has 186 valence electrons. The minimum Gasteiger partial charge on any atom is -0.390 e. The summed E-state index contributed by atoms with van der Waals surface area (Å²) in [5, 5.41) is 11.5. The number of likely N-dealkylation sites (tertiary alicyclic amines) is 1. The van der Waals surface area contributed by atoms with E-state index in [0.29, 0.717) is 23.7 Å². The molecule has 4 rings (SSSR count). The summed E-state index contributed by atoms with van der Waals surface area (Å²) in [6.45, 7) is 4.47. The van der Waals surface area contributed by atoms with Crippen molar-refractivity contribution in [3.8, 4) is 0 Å². The zero-order valence-electron chi connectivity index (χ0n) is 19.8. The van der Waals surface area contributed by atoms with Crippen molar-refractivity contribution >= 4 is 21.4 Å². The van der Waals surface area contributed by atoms with E-state index in [4.69, 9.17) is 11.6 Å². The lowest BCUT2D eigenvalue weighted by Gasteiger charge is -2.50. The van der Waals surface area contributed by atoms with Crippen molar-refractivity contribution in [2.45, 2.75) is 36.3 Å². The van der Waals surface area contributed by atoms with E-state index in [1.165, 1.54) is 18.4 Å². The van der Waals surface area contributed by atoms with Crippen LogP contribution in [0.4, 0.5) is 8.78 Å². The van der Waals surface area contributed by atoms with Gasteiger partial charge < -0.3 is 5.11 Å². The molecule has 0 amide bonds. The molecular weight excluding hydrogens is 492 g/mol. The van der Waals surface area contributed by atoms with Crippen LogP contribution in [0.25, 0.3) is 0 Å². The molecule has 4 nitrogen and oxygen atoms in total. The van der Waals surface area contributed by atoms with E-state index in [9.17, 15) is 22.3 Å². The van der Waals surface area contributed by atoms with Gasteiger partial charge in [-0.25, -0.2) is 17.2 Å². The van der Waals surface area contributed by atoms with E-state index < -0.39 is 33.0 Å². The minimum atomic E-state index is -3.32. The van der Waals surface area contributed by atoms with Gasteiger partial charge in [0.15, 0.2) is 9.84 Å². The molecule has 0 saturated carbocycles. The van der Waals surface area contributed by atoms with Crippen LogP contribution in [0, 0.1) is 17.6 Å². The molecule has 1 unspecified atom stereocenters. The van der Waals surface area contributed by atoms with Gasteiger partial charge in [-0.3, -0.25) is 4.90 Å². The van der Waals surface area contributed by atoms with Crippen LogP contribution in [0.5, 0.6) is 0 Å². The summed E-state index contributed by atoms with van der Waals surface area (Å²) in [5.41, 5.74) is 1.13. The number of hydrogen-bond acceptors (Lipinski definition) is 4. The first-order valence-corrected chi connectivity index (χ1v) is 13.6. The Balaban J connectivity index is 1.65. The van der Waals surface area contributed by atoms with Crippen molar-refractivity contribution in [3.63, 3.8) is 0 Å². The molecule has 1 aliphatic rings. The van der Waals surface area contributed by atoms with Crippen LogP contribution < -0.4 is 0 Å². The largest absolute Gasteiger partial charge is 0.390 e. The van der Waals surface area contributed by atoms with Crippen LogP contribution in [0.2, 0.25) is 5.02 Å². The van der Waals surface area contributed by atoms with E-state index in [1.54, 1.807) is 50.2 Å². The molecule has 0 aromatic heterocycles. The first-order valence-electron chi connectivity index (χ1n) is 11.3. The second-order valence-electron chi connectivity index (χ2n) is 9.84. The predicted molar refractivity (Wildman–Crippen MR) is 133 cm³/mol. The highest BCUT2D eigenvalue weighted by molar-refractivity contribution is 7.90. The number of rotatable bonds is 7. The summed E-state index contributed by atoms with van der Waals surface area (Å²) in [6, 6.07) is 17.5. The van der Waals surface area contributed by atoms with Gasteiger partial charge in [-0.15, -0.1) is 0 Å². The number of aliphatic hydroxyl groups is 1. The minimum absolute atomic E-state index is 0.0405. The first-order chi connectivity index (χ1) is 16.3. The summed E-state index contributed by atoms with van der Waals surface area (Å²) in [4.78, 5) is 2.45. The monoisotopic (exact) mass is 519 g/mol. The first kappa shape index (κ1) is 25.8. The summed E-state index contributed by atoms with van der Waals surface area (Å²) in [6.07, 6.45) is 1.17. The maximum absolute atomic E-state index is 14.0. The summed E-state index contributed by atoms with van der Waals surface area (Å²) >= 11 is 6.10. The Morgan fingerprint density at radius 2 is 1.40 bits per heavy atom. The van der Waals surface area contributed by atoms with Crippen LogP contribution in [-0.2, 0) is 9.84 Å². The smallest absolute Gasteiger partial charge is 0.175 e. The molecule has 1 aliphatic heterocycles. The van der Waals surface area contributed by atoms with Gasteiger partial charge in [0.25, 0.3) is 0 Å². The van der Waals surface area contributed by atoms with Gasteiger partial charge in [0.05, 0.1) is 16.5 Å². The fourth-order valence-electron chi connectivity index (χ4n) is 5.14. The average Bonchev–Trinajstić information content (AvgIpc) is 2.71. The van der Waals surface area contributed by atoms with Crippen molar-refractivity contribution in [3.05, 3.63) is 100 Å². The van der Waals surface area contributed by atoms with E-state index in [-0.39, 0.29) is 16.9 Å². The molecule has 1 saturated heterocycles. The van der Waals surface area contributed by atoms with Crippen LogP contribution in [0.3, 0.4) is 0 Å². The molecule has 3 aromatic rings. The average molecular weight is 520 g/mol. The number of halogens is 3. The van der Waals surface area contributed by atoms with Crippen LogP contribution in [0.1, 0.15) is 42.5 Å². The van der Waals surface area contributed by atoms with Gasteiger partial charge in [-0.1, -0.05) is 35.9 Å². The van der Waals surface area contributed by atoms with Gasteiger partial charge in [-0.2, -0.15) is 0 Å². The lowest BCUT2D eigenvalue weighted by Crippen LogP contribution is -2.54. The zero-order valence-corrected chi connectivity index (χ0v) is 21.3. The van der Waals surface area contributed by atoms with Gasteiger partial charge >= 0.3 is 0 Å². The van der Waals surface area contributed by atoms with Gasteiger partial charge in [0.2, 0.25) is 0 Å². The normalized spacial score (nSPS) is 17.1. The third kappa shape index (κ3) is 5.75. The number of sulfone groups is 1. The van der Waals surface area contributed by atoms with Crippen molar-refractivity contribution in [1.29, 1.82) is 0 Å². The highest BCUT2D eigenvalue weighted by atomic mass is 35.5. The fourth-order valence-corrected chi connectivity index (χ4v) is 5.90. The Labute approximate surface area is 210 Å². The van der Waals surface area contributed by atoms with Gasteiger partial charge in [-0.05, 0) is 72.9 Å². The van der Waals surface area contributed by atoms with Crippen LogP contribution >= 0.6 is 11.6 Å². The Hall–Kier alpha value is -2.32.